The molecule has 9 aromatic rings. The van der Waals surface area contributed by atoms with Gasteiger partial charge in [-0.1, -0.05) is 124 Å². The second-order valence-electron chi connectivity index (χ2n) is 22.5. The molecule has 0 radical (unpaired) electrons. The molecule has 3 aliphatic heterocycles. The van der Waals surface area contributed by atoms with Crippen LogP contribution in [0.1, 0.15) is 69.1 Å². The number of nitrogens with zero attached hydrogens (tertiary/aromatic N) is 6. The van der Waals surface area contributed by atoms with Gasteiger partial charge in [-0.15, -0.1) is 34.0 Å². The van der Waals surface area contributed by atoms with E-state index in [9.17, 15) is 52.8 Å². The van der Waals surface area contributed by atoms with E-state index < -0.39 is 102 Å². The van der Waals surface area contributed by atoms with E-state index in [0.717, 1.165) is 79.1 Å². The molecule has 12 rings (SSSR count). The molecule has 6 heterocycles. The standard InChI is InChI=1S/3C21H20ClFN4O3S2/c3*1-12-3-5-13(6-4-12)19-11-24-21(31-19)17-10-18(27(2)32(29,30)26-17)20(28)25-14-7-8-16(23)15(22)9-14/h3*3-9,11,17-18,26H,10H2,1-2H3,(H,25,28)/t2*17-,18+;/m10./s1. The van der Waals surface area contributed by atoms with Crippen LogP contribution in [0.2, 0.25) is 15.1 Å². The van der Waals surface area contributed by atoms with Crippen LogP contribution in [-0.2, 0) is 45.0 Å². The van der Waals surface area contributed by atoms with Crippen molar-refractivity contribution in [1.29, 1.82) is 0 Å². The lowest BCUT2D eigenvalue weighted by Gasteiger charge is -2.35. The molecular formula is C63H60Cl3F3N12O9S6. The van der Waals surface area contributed by atoms with Crippen molar-refractivity contribution in [3.8, 4) is 31.3 Å². The Labute approximate surface area is 579 Å². The van der Waals surface area contributed by atoms with Crippen molar-refractivity contribution in [2.75, 3.05) is 37.1 Å². The fraction of sp³-hybridized carbons (Fsp3) is 0.238. The number of amides is 3. The highest BCUT2D eigenvalue weighted by Gasteiger charge is 2.45. The van der Waals surface area contributed by atoms with Gasteiger partial charge in [-0.2, -0.15) is 52.3 Å². The second-order valence-corrected chi connectivity index (χ2v) is 32.2. The van der Waals surface area contributed by atoms with E-state index in [1.54, 1.807) is 18.6 Å². The Balaban J connectivity index is 0.000000157. The van der Waals surface area contributed by atoms with Crippen LogP contribution in [-0.4, -0.2) is 110 Å². The Bertz CT molecular complexity index is 4260. The number of hydrogen-bond acceptors (Lipinski definition) is 15. The molecule has 0 spiro atoms. The van der Waals surface area contributed by atoms with E-state index in [1.807, 2.05) is 93.6 Å². The van der Waals surface area contributed by atoms with E-state index in [1.165, 1.54) is 91.6 Å². The van der Waals surface area contributed by atoms with Gasteiger partial charge in [0.15, 0.2) is 0 Å². The van der Waals surface area contributed by atoms with E-state index in [0.29, 0.717) is 15.0 Å². The third-order valence-corrected chi connectivity index (χ3v) is 24.8. The number of likely N-dealkylation sites (N-methyl/N-ethyl adjacent to an activating group) is 3. The zero-order chi connectivity index (χ0) is 69.1. The maximum Gasteiger partial charge on any atom is 0.280 e. The van der Waals surface area contributed by atoms with Crippen molar-refractivity contribution in [3.63, 3.8) is 0 Å². The minimum absolute atomic E-state index is 0.140. The molecule has 33 heteroatoms. The zero-order valence-electron chi connectivity index (χ0n) is 51.5. The number of thiazole rings is 3. The first-order valence-corrected chi connectivity index (χ1v) is 36.9. The second kappa shape index (κ2) is 29.9. The van der Waals surface area contributed by atoms with Crippen LogP contribution in [0, 0.1) is 38.2 Å². The molecule has 2 unspecified atom stereocenters. The first-order valence-electron chi connectivity index (χ1n) is 29.0. The van der Waals surface area contributed by atoms with Crippen molar-refractivity contribution in [3.05, 3.63) is 210 Å². The van der Waals surface area contributed by atoms with E-state index >= 15 is 0 Å². The minimum Gasteiger partial charge on any atom is -0.325 e. The average molecular weight is 1490 g/mol. The summed E-state index contributed by atoms with van der Waals surface area (Å²) in [6, 6.07) is 30.2. The van der Waals surface area contributed by atoms with Crippen molar-refractivity contribution in [1.82, 2.24) is 42.0 Å². The Hall–Kier alpha value is -7.11. The molecule has 6 aromatic carbocycles. The highest BCUT2D eigenvalue weighted by atomic mass is 35.5. The summed E-state index contributed by atoms with van der Waals surface area (Å²) in [7, 11) is -7.75. The van der Waals surface area contributed by atoms with Crippen LogP contribution in [0.5, 0.6) is 0 Å². The Morgan fingerprint density at radius 2 is 0.667 bits per heavy atom. The monoisotopic (exact) mass is 1480 g/mol. The van der Waals surface area contributed by atoms with Gasteiger partial charge in [-0.3, -0.25) is 14.4 Å². The molecule has 6 N–H and O–H groups in total. The van der Waals surface area contributed by atoms with Crippen LogP contribution >= 0.6 is 68.8 Å². The van der Waals surface area contributed by atoms with Gasteiger partial charge in [0.1, 0.15) is 50.6 Å². The molecule has 96 heavy (non-hydrogen) atoms. The molecule has 3 amide bonds. The third-order valence-electron chi connectivity index (χ3n) is 15.6. The van der Waals surface area contributed by atoms with Gasteiger partial charge in [-0.05, 0) is 111 Å². The number of nitrogens with one attached hydrogen (secondary N) is 6. The number of benzene rings is 6. The van der Waals surface area contributed by atoms with Gasteiger partial charge in [0.25, 0.3) is 30.6 Å². The lowest BCUT2D eigenvalue weighted by molar-refractivity contribution is -0.120. The number of anilines is 3. The van der Waals surface area contributed by atoms with Crippen LogP contribution in [0.25, 0.3) is 31.3 Å². The third kappa shape index (κ3) is 17.1. The number of carbonyl (C=O) groups is 3. The summed E-state index contributed by atoms with van der Waals surface area (Å²) < 4.78 is 127. The maximum absolute atomic E-state index is 13.4. The molecule has 504 valence electrons. The van der Waals surface area contributed by atoms with Crippen LogP contribution in [0.15, 0.2) is 146 Å². The lowest BCUT2D eigenvalue weighted by Crippen LogP contribution is -2.55. The fourth-order valence-electron chi connectivity index (χ4n) is 10.1. The molecular weight excluding hydrogens is 1420 g/mol. The van der Waals surface area contributed by atoms with E-state index in [2.05, 4.69) is 45.1 Å². The summed E-state index contributed by atoms with van der Waals surface area (Å²) in [5, 5.41) is 9.13. The minimum atomic E-state index is -3.92. The van der Waals surface area contributed by atoms with Gasteiger partial charge in [0, 0.05) is 56.8 Å². The quantitative estimate of drug-likeness (QED) is 0.0666. The van der Waals surface area contributed by atoms with Crippen molar-refractivity contribution >= 4 is 134 Å². The van der Waals surface area contributed by atoms with Gasteiger partial charge in [0.2, 0.25) is 17.7 Å². The number of rotatable bonds is 12. The summed E-state index contributed by atoms with van der Waals surface area (Å²) in [4.78, 5) is 54.6. The van der Waals surface area contributed by atoms with E-state index in [4.69, 9.17) is 34.8 Å². The molecule has 0 aliphatic carbocycles. The topological polar surface area (TPSA) is 274 Å². The van der Waals surface area contributed by atoms with Gasteiger partial charge in [-0.25, -0.2) is 28.1 Å². The normalized spacial score (nSPS) is 20.8. The van der Waals surface area contributed by atoms with Crippen LogP contribution in [0.3, 0.4) is 0 Å². The average Bonchev–Trinajstić information content (AvgIpc) is 1.27. The Morgan fingerprint density at radius 3 is 0.896 bits per heavy atom. The number of hydrogen-bond donors (Lipinski definition) is 6. The maximum atomic E-state index is 13.4. The smallest absolute Gasteiger partial charge is 0.280 e. The lowest BCUT2D eigenvalue weighted by atomic mass is 10.1. The summed E-state index contributed by atoms with van der Waals surface area (Å²) in [5.74, 6) is -3.46. The number of aromatic nitrogens is 3. The summed E-state index contributed by atoms with van der Waals surface area (Å²) in [6.07, 6.45) is 5.64. The Kier molecular flexibility index (Phi) is 22.3. The molecule has 3 aliphatic rings. The molecule has 21 nitrogen and oxygen atoms in total. The molecule has 3 fully saturated rings. The molecule has 6 atom stereocenters. The fourth-order valence-corrected chi connectivity index (χ4v) is 17.6. The summed E-state index contributed by atoms with van der Waals surface area (Å²) in [6.45, 7) is 6.00. The van der Waals surface area contributed by atoms with Crippen LogP contribution in [0.4, 0.5) is 30.2 Å². The predicted molar refractivity (Wildman–Crippen MR) is 370 cm³/mol. The van der Waals surface area contributed by atoms with Gasteiger partial charge >= 0.3 is 0 Å². The highest BCUT2D eigenvalue weighted by molar-refractivity contribution is 7.87. The molecule has 3 aromatic heterocycles. The number of halogens is 6. The summed E-state index contributed by atoms with van der Waals surface area (Å²) >= 11 is 21.4. The number of carbonyl (C=O) groups excluding carboxylic acids is 3. The van der Waals surface area contributed by atoms with Crippen molar-refractivity contribution < 1.29 is 52.8 Å². The van der Waals surface area contributed by atoms with Gasteiger partial charge < -0.3 is 16.0 Å². The molecule has 0 bridgehead atoms. The van der Waals surface area contributed by atoms with E-state index in [-0.39, 0.29) is 51.4 Å². The highest BCUT2D eigenvalue weighted by Crippen LogP contribution is 2.39. The van der Waals surface area contributed by atoms with Crippen molar-refractivity contribution in [2.24, 2.45) is 0 Å². The SMILES string of the molecule is Cc1ccc(-c2cnc(C3CC(C(=O)Nc4ccc(F)c(Cl)c4)N(C)S(=O)(=O)N3)s2)cc1.Cc1ccc(-c2cnc([C@@H]3C[C@H](C(=O)Nc4ccc(F)c(Cl)c4)N(C)S(=O)(=O)N3)s2)cc1.Cc1ccc(-c2cnc([C@H]3C[C@@H](C(=O)Nc4ccc(F)c(Cl)c4)N(C)S(=O)(=O)N3)s2)cc1. The predicted octanol–water partition coefficient (Wildman–Crippen LogP) is 12.4. The number of aryl methyl sites for hydroxylation is 3. The summed E-state index contributed by atoms with van der Waals surface area (Å²) in [5.41, 5.74) is 7.19. The van der Waals surface area contributed by atoms with Crippen molar-refractivity contribution in [2.45, 2.75) is 76.3 Å². The van der Waals surface area contributed by atoms with Crippen LogP contribution < -0.4 is 30.1 Å². The first kappa shape index (κ1) is 71.7. The first-order chi connectivity index (χ1) is 45.4. The Morgan fingerprint density at radius 1 is 0.427 bits per heavy atom. The molecule has 0 saturated carbocycles. The largest absolute Gasteiger partial charge is 0.325 e. The zero-order valence-corrected chi connectivity index (χ0v) is 58.7. The van der Waals surface area contributed by atoms with Gasteiger partial charge in [0.05, 0.1) is 47.8 Å². The molecule has 3 saturated heterocycles.